The van der Waals surface area contributed by atoms with Crippen molar-refractivity contribution < 1.29 is 4.79 Å². The first-order valence-corrected chi connectivity index (χ1v) is 7.16. The molecule has 2 heterocycles. The van der Waals surface area contributed by atoms with Crippen LogP contribution >= 0.6 is 0 Å². The van der Waals surface area contributed by atoms with Crippen molar-refractivity contribution in [1.29, 1.82) is 0 Å². The molecule has 4 nitrogen and oxygen atoms in total. The van der Waals surface area contributed by atoms with Gasteiger partial charge in [0.15, 0.2) is 5.78 Å². The molecule has 0 aliphatic carbocycles. The van der Waals surface area contributed by atoms with Crippen LogP contribution in [0.25, 0.3) is 0 Å². The van der Waals surface area contributed by atoms with Gasteiger partial charge >= 0.3 is 0 Å². The third-order valence-corrected chi connectivity index (χ3v) is 3.58. The molecule has 0 aromatic carbocycles. The molecular formula is C16H21N3O. The van der Waals surface area contributed by atoms with Crippen molar-refractivity contribution in [2.24, 2.45) is 0 Å². The highest BCUT2D eigenvalue weighted by atomic mass is 16.1. The van der Waals surface area contributed by atoms with Crippen LogP contribution in [0.3, 0.4) is 0 Å². The quantitative estimate of drug-likeness (QED) is 0.758. The summed E-state index contributed by atoms with van der Waals surface area (Å²) in [6.07, 6.45) is 5.76. The molecule has 0 bridgehead atoms. The van der Waals surface area contributed by atoms with Gasteiger partial charge in [-0.25, -0.2) is 0 Å². The molecule has 2 aromatic heterocycles. The van der Waals surface area contributed by atoms with E-state index < -0.39 is 0 Å². The molecule has 20 heavy (non-hydrogen) atoms. The molecule has 106 valence electrons. The highest BCUT2D eigenvalue weighted by Gasteiger charge is 2.14. The zero-order valence-electron chi connectivity index (χ0n) is 12.3. The SMILES string of the molecule is CCc1cccnc1C(=O)Cc1ccn(C(C)CC)n1. The smallest absolute Gasteiger partial charge is 0.187 e. The number of Topliss-reactive ketones (excluding diaryl/α,β-unsaturated/α-hetero) is 1. The second-order valence-electron chi connectivity index (χ2n) is 5.01. The van der Waals surface area contributed by atoms with E-state index in [1.807, 2.05) is 36.0 Å². The van der Waals surface area contributed by atoms with E-state index >= 15 is 0 Å². The maximum atomic E-state index is 12.3. The number of carbonyl (C=O) groups excluding carboxylic acids is 1. The van der Waals surface area contributed by atoms with E-state index in [4.69, 9.17) is 0 Å². The number of hydrogen-bond donors (Lipinski definition) is 0. The van der Waals surface area contributed by atoms with Gasteiger partial charge in [0.05, 0.1) is 12.1 Å². The summed E-state index contributed by atoms with van der Waals surface area (Å²) in [5, 5.41) is 4.47. The average Bonchev–Trinajstić information content (AvgIpc) is 2.94. The lowest BCUT2D eigenvalue weighted by Crippen LogP contribution is -2.11. The second-order valence-corrected chi connectivity index (χ2v) is 5.01. The van der Waals surface area contributed by atoms with Crippen molar-refractivity contribution in [2.75, 3.05) is 0 Å². The van der Waals surface area contributed by atoms with Crippen LogP contribution in [0, 0.1) is 0 Å². The van der Waals surface area contributed by atoms with Crippen LogP contribution in [0.2, 0.25) is 0 Å². The fourth-order valence-electron chi connectivity index (χ4n) is 2.13. The molecule has 0 fully saturated rings. The van der Waals surface area contributed by atoms with E-state index in [0.29, 0.717) is 18.2 Å². The Morgan fingerprint density at radius 3 is 2.85 bits per heavy atom. The van der Waals surface area contributed by atoms with Gasteiger partial charge in [0, 0.05) is 18.4 Å². The van der Waals surface area contributed by atoms with Crippen LogP contribution in [0.4, 0.5) is 0 Å². The first-order valence-electron chi connectivity index (χ1n) is 7.16. The molecule has 2 rings (SSSR count). The molecule has 1 unspecified atom stereocenters. The Labute approximate surface area is 119 Å². The van der Waals surface area contributed by atoms with Gasteiger partial charge in [-0.05, 0) is 37.5 Å². The van der Waals surface area contributed by atoms with Crippen molar-refractivity contribution in [3.8, 4) is 0 Å². The maximum Gasteiger partial charge on any atom is 0.187 e. The number of aromatic nitrogens is 3. The summed E-state index contributed by atoms with van der Waals surface area (Å²) in [5.41, 5.74) is 2.38. The highest BCUT2D eigenvalue weighted by Crippen LogP contribution is 2.12. The summed E-state index contributed by atoms with van der Waals surface area (Å²) >= 11 is 0. The molecular weight excluding hydrogens is 250 g/mol. The van der Waals surface area contributed by atoms with Gasteiger partial charge in [-0.2, -0.15) is 5.10 Å². The maximum absolute atomic E-state index is 12.3. The van der Waals surface area contributed by atoms with Crippen molar-refractivity contribution in [3.63, 3.8) is 0 Å². The zero-order chi connectivity index (χ0) is 14.5. The van der Waals surface area contributed by atoms with E-state index in [2.05, 4.69) is 23.9 Å². The van der Waals surface area contributed by atoms with E-state index in [1.165, 1.54) is 0 Å². The number of pyridine rings is 1. The first-order chi connectivity index (χ1) is 9.65. The fraction of sp³-hybridized carbons (Fsp3) is 0.438. The van der Waals surface area contributed by atoms with Gasteiger partial charge in [-0.3, -0.25) is 14.5 Å². The summed E-state index contributed by atoms with van der Waals surface area (Å²) < 4.78 is 1.92. The van der Waals surface area contributed by atoms with Gasteiger partial charge in [-0.15, -0.1) is 0 Å². The summed E-state index contributed by atoms with van der Waals surface area (Å²) in [6, 6.07) is 6.10. The molecule has 0 N–H and O–H groups in total. The predicted octanol–water partition coefficient (Wildman–Crippen LogP) is 3.24. The lowest BCUT2D eigenvalue weighted by Gasteiger charge is -2.08. The van der Waals surface area contributed by atoms with E-state index in [-0.39, 0.29) is 5.78 Å². The van der Waals surface area contributed by atoms with Crippen LogP contribution in [-0.4, -0.2) is 20.5 Å². The molecule has 0 saturated carbocycles. The van der Waals surface area contributed by atoms with Crippen LogP contribution in [-0.2, 0) is 12.8 Å². The van der Waals surface area contributed by atoms with E-state index in [9.17, 15) is 4.79 Å². The Kier molecular flexibility index (Phi) is 4.66. The number of ketones is 1. The van der Waals surface area contributed by atoms with Gasteiger partial charge in [0.2, 0.25) is 0 Å². The van der Waals surface area contributed by atoms with Gasteiger partial charge < -0.3 is 0 Å². The topological polar surface area (TPSA) is 47.8 Å². The third-order valence-electron chi connectivity index (χ3n) is 3.58. The van der Waals surface area contributed by atoms with Crippen LogP contribution in [0.1, 0.15) is 55.0 Å². The summed E-state index contributed by atoms with van der Waals surface area (Å²) in [6.45, 7) is 6.27. The summed E-state index contributed by atoms with van der Waals surface area (Å²) in [4.78, 5) is 16.6. The monoisotopic (exact) mass is 271 g/mol. The molecule has 0 radical (unpaired) electrons. The van der Waals surface area contributed by atoms with E-state index in [0.717, 1.165) is 24.1 Å². The number of rotatable bonds is 6. The third kappa shape index (κ3) is 3.13. The molecule has 0 spiro atoms. The summed E-state index contributed by atoms with van der Waals surface area (Å²) in [7, 11) is 0. The molecule has 2 aromatic rings. The molecule has 0 saturated heterocycles. The van der Waals surface area contributed by atoms with Gasteiger partial charge in [-0.1, -0.05) is 19.9 Å². The molecule has 0 amide bonds. The summed E-state index contributed by atoms with van der Waals surface area (Å²) in [5.74, 6) is 0.0388. The molecule has 0 aliphatic rings. The number of hydrogen-bond acceptors (Lipinski definition) is 3. The molecule has 4 heteroatoms. The minimum absolute atomic E-state index is 0.0388. The minimum atomic E-state index is 0.0388. The Hall–Kier alpha value is -1.97. The standard InChI is InChI=1S/C16H21N3O/c1-4-12(3)19-10-8-14(18-19)11-15(20)16-13(5-2)7-6-9-17-16/h6-10,12H,4-5,11H2,1-3H3. The lowest BCUT2D eigenvalue weighted by atomic mass is 10.1. The van der Waals surface area contributed by atoms with Crippen molar-refractivity contribution in [3.05, 3.63) is 47.5 Å². The normalized spacial score (nSPS) is 12.3. The number of carbonyl (C=O) groups is 1. The highest BCUT2D eigenvalue weighted by molar-refractivity contribution is 5.96. The van der Waals surface area contributed by atoms with Gasteiger partial charge in [0.25, 0.3) is 0 Å². The Bertz CT molecular complexity index is 589. The van der Waals surface area contributed by atoms with Crippen molar-refractivity contribution in [1.82, 2.24) is 14.8 Å². The minimum Gasteiger partial charge on any atom is -0.292 e. The Morgan fingerprint density at radius 2 is 2.15 bits per heavy atom. The van der Waals surface area contributed by atoms with Crippen molar-refractivity contribution in [2.45, 2.75) is 46.1 Å². The number of aryl methyl sites for hydroxylation is 1. The number of nitrogens with zero attached hydrogens (tertiary/aromatic N) is 3. The van der Waals surface area contributed by atoms with Crippen LogP contribution in [0.5, 0.6) is 0 Å². The first kappa shape index (κ1) is 14.4. The predicted molar refractivity (Wildman–Crippen MR) is 78.9 cm³/mol. The molecule has 1 atom stereocenters. The zero-order valence-corrected chi connectivity index (χ0v) is 12.3. The Morgan fingerprint density at radius 1 is 1.35 bits per heavy atom. The Balaban J connectivity index is 2.13. The lowest BCUT2D eigenvalue weighted by molar-refractivity contribution is 0.0986. The van der Waals surface area contributed by atoms with Crippen molar-refractivity contribution >= 4 is 5.78 Å². The van der Waals surface area contributed by atoms with Gasteiger partial charge in [0.1, 0.15) is 5.69 Å². The largest absolute Gasteiger partial charge is 0.292 e. The molecule has 0 aliphatic heterocycles. The second kappa shape index (κ2) is 6.46. The van der Waals surface area contributed by atoms with E-state index in [1.54, 1.807) is 6.20 Å². The fourth-order valence-corrected chi connectivity index (χ4v) is 2.13. The van der Waals surface area contributed by atoms with Crippen LogP contribution < -0.4 is 0 Å². The van der Waals surface area contributed by atoms with Crippen LogP contribution in [0.15, 0.2) is 30.6 Å². The average molecular weight is 271 g/mol.